The van der Waals surface area contributed by atoms with Crippen LogP contribution in [0.5, 0.6) is 11.5 Å². The highest BCUT2D eigenvalue weighted by Gasteiger charge is 2.24. The van der Waals surface area contributed by atoms with Crippen LogP contribution in [0.2, 0.25) is 10.0 Å². The lowest BCUT2D eigenvalue weighted by atomic mass is 10.1. The Morgan fingerprint density at radius 2 is 1.60 bits per heavy atom. The number of rotatable bonds is 2. The molecule has 6 heteroatoms. The maximum absolute atomic E-state index is 13.0. The van der Waals surface area contributed by atoms with Crippen LogP contribution in [0, 0.1) is 0 Å². The van der Waals surface area contributed by atoms with Crippen LogP contribution in [-0.2, 0) is 0 Å². The minimum Gasteiger partial charge on any atom is -0.590 e. The van der Waals surface area contributed by atoms with Gasteiger partial charge in [0.2, 0.25) is 10.1 Å². The smallest absolute Gasteiger partial charge is 0.207 e. The first kappa shape index (κ1) is 16.4. The second-order valence-corrected chi connectivity index (χ2v) is 7.58. The van der Waals surface area contributed by atoms with E-state index in [0.29, 0.717) is 15.8 Å². The van der Waals surface area contributed by atoms with Gasteiger partial charge in [-0.3, -0.25) is 4.79 Å². The van der Waals surface area contributed by atoms with Gasteiger partial charge < -0.3 is 9.29 Å². The Balaban J connectivity index is 2.15. The predicted molar refractivity (Wildman–Crippen MR) is 103 cm³/mol. The monoisotopic (exact) mass is 388 g/mol. The van der Waals surface area contributed by atoms with Crippen LogP contribution >= 0.6 is 34.0 Å². The van der Waals surface area contributed by atoms with Gasteiger partial charge in [-0.1, -0.05) is 53.5 Å². The fourth-order valence-corrected chi connectivity index (χ4v) is 4.84. The topological polar surface area (TPSA) is 49.4 Å². The molecular formula is C19H10Cl2O3S. The van der Waals surface area contributed by atoms with Gasteiger partial charge in [0.1, 0.15) is 16.2 Å². The molecule has 0 radical (unpaired) electrons. The minimum absolute atomic E-state index is 0.151. The van der Waals surface area contributed by atoms with Gasteiger partial charge in [0.25, 0.3) is 0 Å². The third kappa shape index (κ3) is 2.68. The maximum Gasteiger partial charge on any atom is 0.207 e. The summed E-state index contributed by atoms with van der Waals surface area (Å²) in [5, 5.41) is 0.891. The predicted octanol–water partition coefficient (Wildman–Crippen LogP) is 6.18. The van der Waals surface area contributed by atoms with Crippen LogP contribution in [0.1, 0.15) is 0 Å². The van der Waals surface area contributed by atoms with Gasteiger partial charge >= 0.3 is 0 Å². The van der Waals surface area contributed by atoms with E-state index < -0.39 is 10.8 Å². The molecule has 3 nitrogen and oxygen atoms in total. The molecule has 1 atom stereocenters. The average molecular weight is 389 g/mol. The van der Waals surface area contributed by atoms with E-state index >= 15 is 0 Å². The van der Waals surface area contributed by atoms with Crippen molar-refractivity contribution in [3.05, 3.63) is 80.9 Å². The second-order valence-electron chi connectivity index (χ2n) is 5.38. The van der Waals surface area contributed by atoms with E-state index in [1.807, 2.05) is 6.07 Å². The van der Waals surface area contributed by atoms with Gasteiger partial charge in [-0.15, -0.1) is 0 Å². The number of hydrogen-bond acceptors (Lipinski definition) is 3. The number of halogens is 2. The van der Waals surface area contributed by atoms with E-state index in [4.69, 9.17) is 27.9 Å². The van der Waals surface area contributed by atoms with Gasteiger partial charge in [0, 0.05) is 0 Å². The van der Waals surface area contributed by atoms with Crippen LogP contribution in [0.3, 0.4) is 0 Å². The van der Waals surface area contributed by atoms with Crippen molar-refractivity contribution in [1.82, 2.24) is 0 Å². The van der Waals surface area contributed by atoms with Crippen molar-refractivity contribution in [3.8, 4) is 11.5 Å². The van der Waals surface area contributed by atoms with Crippen molar-refractivity contribution in [1.29, 1.82) is 0 Å². The highest BCUT2D eigenvalue weighted by molar-refractivity contribution is 7.37. The van der Waals surface area contributed by atoms with Gasteiger partial charge in [-0.2, -0.15) is 0 Å². The van der Waals surface area contributed by atoms with E-state index in [2.05, 4.69) is 0 Å². The molecule has 0 saturated carbocycles. The van der Waals surface area contributed by atoms with Crippen LogP contribution in [0.25, 0.3) is 20.2 Å². The molecular weight excluding hydrogens is 379 g/mol. The minimum atomic E-state index is -1.59. The van der Waals surface area contributed by atoms with Crippen molar-refractivity contribution in [2.45, 2.75) is 0 Å². The normalized spacial score (nSPS) is 11.9. The van der Waals surface area contributed by atoms with Crippen molar-refractivity contribution < 1.29 is 9.29 Å². The molecule has 1 unspecified atom stereocenters. The quantitative estimate of drug-likeness (QED) is 0.304. The Morgan fingerprint density at radius 1 is 0.920 bits per heavy atom. The molecule has 0 aliphatic carbocycles. The van der Waals surface area contributed by atoms with Gasteiger partial charge in [-0.25, -0.2) is 0 Å². The summed E-state index contributed by atoms with van der Waals surface area (Å²) >= 11 is 12.6. The highest BCUT2D eigenvalue weighted by atomic mass is 35.5. The summed E-state index contributed by atoms with van der Waals surface area (Å²) in [6.07, 6.45) is 0. The molecule has 0 aliphatic heterocycles. The van der Waals surface area contributed by atoms with Crippen molar-refractivity contribution >= 4 is 54.1 Å². The van der Waals surface area contributed by atoms with Gasteiger partial charge in [0.05, 0.1) is 10.4 Å². The SMILES string of the molecule is O=c1c2ccccc2[s+]([O-])c2c(Cl)cc(Cl)c(Oc3ccccc3)c12. The van der Waals surface area contributed by atoms with Crippen LogP contribution in [0.4, 0.5) is 0 Å². The largest absolute Gasteiger partial charge is 0.590 e. The molecule has 1 heterocycles. The Labute approximate surface area is 155 Å². The average Bonchev–Trinajstić information content (AvgIpc) is 2.62. The molecule has 0 fully saturated rings. The summed E-state index contributed by atoms with van der Waals surface area (Å²) < 4.78 is 19.5. The summed E-state index contributed by atoms with van der Waals surface area (Å²) in [7, 11) is -1.59. The fraction of sp³-hybridized carbons (Fsp3) is 0. The Morgan fingerprint density at radius 3 is 2.36 bits per heavy atom. The molecule has 1 aromatic heterocycles. The number of ether oxygens (including phenoxy) is 1. The van der Waals surface area contributed by atoms with E-state index in [1.54, 1.807) is 48.5 Å². The van der Waals surface area contributed by atoms with Crippen molar-refractivity contribution in [2.75, 3.05) is 0 Å². The van der Waals surface area contributed by atoms with Gasteiger partial charge in [-0.05, 0) is 41.1 Å². The summed E-state index contributed by atoms with van der Waals surface area (Å²) in [5.41, 5.74) is -0.305. The summed E-state index contributed by atoms with van der Waals surface area (Å²) in [6, 6.07) is 17.2. The Bertz CT molecular complexity index is 1170. The van der Waals surface area contributed by atoms with Crippen LogP contribution < -0.4 is 10.2 Å². The first-order valence-electron chi connectivity index (χ1n) is 7.38. The van der Waals surface area contributed by atoms with Crippen molar-refractivity contribution in [2.24, 2.45) is 0 Å². The zero-order chi connectivity index (χ0) is 17.6. The third-order valence-electron chi connectivity index (χ3n) is 3.85. The molecule has 4 aromatic rings. The lowest BCUT2D eigenvalue weighted by molar-refractivity contribution is 0.488. The first-order chi connectivity index (χ1) is 12.1. The zero-order valence-electron chi connectivity index (χ0n) is 12.7. The molecule has 0 amide bonds. The fourth-order valence-electron chi connectivity index (χ4n) is 2.74. The first-order valence-corrected chi connectivity index (χ1v) is 9.29. The van der Waals surface area contributed by atoms with Crippen molar-refractivity contribution in [3.63, 3.8) is 0 Å². The molecule has 0 saturated heterocycles. The molecule has 4 rings (SSSR count). The molecule has 0 bridgehead atoms. The summed E-state index contributed by atoms with van der Waals surface area (Å²) in [5.74, 6) is 0.687. The van der Waals surface area contributed by atoms with Gasteiger partial charge in [0.15, 0.2) is 10.4 Å². The Hall–Kier alpha value is -2.11. The van der Waals surface area contributed by atoms with E-state index in [9.17, 15) is 9.35 Å². The molecule has 0 spiro atoms. The second kappa shape index (κ2) is 6.32. The highest BCUT2D eigenvalue weighted by Crippen LogP contribution is 2.45. The van der Waals surface area contributed by atoms with E-state index in [1.165, 1.54) is 6.07 Å². The lowest BCUT2D eigenvalue weighted by Gasteiger charge is -2.12. The zero-order valence-corrected chi connectivity index (χ0v) is 15.0. The third-order valence-corrected chi connectivity index (χ3v) is 6.09. The molecule has 124 valence electrons. The molecule has 25 heavy (non-hydrogen) atoms. The standard InChI is InChI=1S/C19H10Cl2O3S/c20-13-10-14(21)19-16(18(13)24-11-6-2-1-3-7-11)17(22)12-8-4-5-9-15(12)25(19)23/h1-10H. The van der Waals surface area contributed by atoms with Crippen LogP contribution in [-0.4, -0.2) is 4.55 Å². The maximum atomic E-state index is 13.0. The summed E-state index contributed by atoms with van der Waals surface area (Å²) in [4.78, 5) is 13.0. The molecule has 0 N–H and O–H groups in total. The lowest BCUT2D eigenvalue weighted by Crippen LogP contribution is -2.05. The molecule has 0 aliphatic rings. The number of para-hydroxylation sites is 1. The number of benzene rings is 3. The number of fused-ring (bicyclic) bond motifs is 2. The Kier molecular flexibility index (Phi) is 4.13. The summed E-state index contributed by atoms with van der Waals surface area (Å²) in [6.45, 7) is 0. The van der Waals surface area contributed by atoms with Crippen LogP contribution in [0.15, 0.2) is 65.5 Å². The van der Waals surface area contributed by atoms with E-state index in [-0.39, 0.29) is 31.3 Å². The number of hydrogen-bond donors (Lipinski definition) is 0. The molecule has 3 aromatic carbocycles. The van der Waals surface area contributed by atoms with E-state index in [0.717, 1.165) is 0 Å².